The number of carbonyl (C=O) groups excluding carboxylic acids is 1. The lowest BCUT2D eigenvalue weighted by molar-refractivity contribution is 0.0973. The van der Waals surface area contributed by atoms with Gasteiger partial charge in [-0.25, -0.2) is 13.8 Å². The smallest absolute Gasteiger partial charge is 0.263 e. The molecule has 0 aliphatic carbocycles. The molecular formula is C24H19F2N3O3. The number of carbonyl (C=O) groups is 1. The topological polar surface area (TPSA) is 84.9 Å². The summed E-state index contributed by atoms with van der Waals surface area (Å²) in [6, 6.07) is 11.7. The molecule has 32 heavy (non-hydrogen) atoms. The molecule has 2 heterocycles. The van der Waals surface area contributed by atoms with Crippen LogP contribution >= 0.6 is 0 Å². The van der Waals surface area contributed by atoms with E-state index in [4.69, 9.17) is 4.74 Å². The lowest BCUT2D eigenvalue weighted by Crippen LogP contribution is -2.17. The average Bonchev–Trinajstić information content (AvgIpc) is 2.78. The minimum Gasteiger partial charge on any atom is -0.485 e. The van der Waals surface area contributed by atoms with E-state index < -0.39 is 17.2 Å². The summed E-state index contributed by atoms with van der Waals surface area (Å²) in [5, 5.41) is -0.0894. The van der Waals surface area contributed by atoms with E-state index in [0.717, 1.165) is 17.3 Å². The summed E-state index contributed by atoms with van der Waals surface area (Å²) in [6.07, 6.45) is 2.29. The molecule has 0 amide bonds. The van der Waals surface area contributed by atoms with Crippen LogP contribution in [0.4, 0.5) is 8.78 Å². The quantitative estimate of drug-likeness (QED) is 0.438. The monoisotopic (exact) mass is 435 g/mol. The number of Topliss-reactive ketones (excluding diaryl/α,β-unsaturated/α-hetero) is 1. The van der Waals surface area contributed by atoms with Gasteiger partial charge in [-0.05, 0) is 60.9 Å². The number of benzene rings is 2. The number of aromatic amines is 1. The van der Waals surface area contributed by atoms with Crippen molar-refractivity contribution in [3.63, 3.8) is 0 Å². The molecule has 2 aromatic carbocycles. The maximum absolute atomic E-state index is 14.4. The zero-order chi connectivity index (χ0) is 22.7. The Kier molecular flexibility index (Phi) is 6.02. The number of fused-ring (bicyclic) bond motifs is 1. The van der Waals surface area contributed by atoms with Crippen molar-refractivity contribution in [3.8, 4) is 5.75 Å². The van der Waals surface area contributed by atoms with Crippen molar-refractivity contribution in [1.29, 1.82) is 0 Å². The fourth-order valence-electron chi connectivity index (χ4n) is 3.32. The molecule has 0 aliphatic rings. The van der Waals surface area contributed by atoms with Gasteiger partial charge in [0.05, 0.1) is 5.52 Å². The first-order valence-electron chi connectivity index (χ1n) is 9.95. The van der Waals surface area contributed by atoms with E-state index in [2.05, 4.69) is 15.0 Å². The van der Waals surface area contributed by atoms with E-state index in [1.165, 1.54) is 30.3 Å². The predicted molar refractivity (Wildman–Crippen MR) is 115 cm³/mol. The normalized spacial score (nSPS) is 11.0. The fourth-order valence-corrected chi connectivity index (χ4v) is 3.32. The largest absolute Gasteiger partial charge is 0.485 e. The molecule has 8 heteroatoms. The third kappa shape index (κ3) is 4.69. The molecular weight excluding hydrogens is 416 g/mol. The summed E-state index contributed by atoms with van der Waals surface area (Å²) in [5.74, 6) is -1.84. The number of hydrogen-bond donors (Lipinski definition) is 1. The second kappa shape index (κ2) is 9.05. The van der Waals surface area contributed by atoms with Crippen LogP contribution in [0, 0.1) is 18.6 Å². The Balaban J connectivity index is 1.58. The van der Waals surface area contributed by atoms with Gasteiger partial charge < -0.3 is 9.72 Å². The molecule has 1 N–H and O–H groups in total. The van der Waals surface area contributed by atoms with Crippen LogP contribution < -0.4 is 10.3 Å². The van der Waals surface area contributed by atoms with Crippen LogP contribution in [0.3, 0.4) is 0 Å². The molecule has 0 bridgehead atoms. The first kappa shape index (κ1) is 21.3. The summed E-state index contributed by atoms with van der Waals surface area (Å²) in [4.78, 5) is 36.1. The Bertz CT molecular complexity index is 1350. The maximum Gasteiger partial charge on any atom is 0.263 e. The SMILES string of the molecule is Cc1cc(CCC(=O)c2nc3ccc(F)c(OCc4ccc(F)cc4)c3c(=O)[nH]2)ccn1. The first-order valence-corrected chi connectivity index (χ1v) is 9.95. The van der Waals surface area contributed by atoms with E-state index in [-0.39, 0.29) is 41.3 Å². The molecule has 0 atom stereocenters. The van der Waals surface area contributed by atoms with Gasteiger partial charge in [0.15, 0.2) is 23.2 Å². The van der Waals surface area contributed by atoms with Gasteiger partial charge >= 0.3 is 0 Å². The highest BCUT2D eigenvalue weighted by molar-refractivity contribution is 5.95. The number of hydrogen-bond acceptors (Lipinski definition) is 5. The van der Waals surface area contributed by atoms with Crippen LogP contribution in [0.5, 0.6) is 5.75 Å². The minimum atomic E-state index is -0.737. The van der Waals surface area contributed by atoms with Crippen molar-refractivity contribution in [2.75, 3.05) is 0 Å². The number of ether oxygens (including phenoxy) is 1. The van der Waals surface area contributed by atoms with Gasteiger partial charge in [-0.3, -0.25) is 14.6 Å². The molecule has 2 aromatic heterocycles. The second-order valence-electron chi connectivity index (χ2n) is 7.33. The van der Waals surface area contributed by atoms with Crippen molar-refractivity contribution in [1.82, 2.24) is 15.0 Å². The number of halogens is 2. The molecule has 0 fully saturated rings. The van der Waals surface area contributed by atoms with Crippen molar-refractivity contribution < 1.29 is 18.3 Å². The zero-order valence-corrected chi connectivity index (χ0v) is 17.2. The predicted octanol–water partition coefficient (Wildman–Crippen LogP) is 4.30. The van der Waals surface area contributed by atoms with Gasteiger partial charge in [-0.2, -0.15) is 0 Å². The number of ketones is 1. The fraction of sp³-hybridized carbons (Fsp3) is 0.167. The third-order valence-corrected chi connectivity index (χ3v) is 4.94. The number of rotatable bonds is 7. The second-order valence-corrected chi connectivity index (χ2v) is 7.33. The van der Waals surface area contributed by atoms with Crippen molar-refractivity contribution in [2.45, 2.75) is 26.4 Å². The van der Waals surface area contributed by atoms with Crippen LogP contribution in [0.2, 0.25) is 0 Å². The number of aromatic nitrogens is 3. The van der Waals surface area contributed by atoms with Gasteiger partial charge in [-0.1, -0.05) is 12.1 Å². The Morgan fingerprint density at radius 1 is 1.06 bits per heavy atom. The molecule has 162 valence electrons. The standard InChI is InChI=1S/C24H19F2N3O3/c1-14-12-15(10-11-27-14)4-9-20(30)23-28-19-8-7-18(26)22(21(19)24(31)29-23)32-13-16-2-5-17(25)6-3-16/h2-3,5-8,10-12H,4,9,13H2,1H3,(H,28,29,31). The molecule has 4 rings (SSSR count). The average molecular weight is 435 g/mol. The summed E-state index contributed by atoms with van der Waals surface area (Å²) in [7, 11) is 0. The Hall–Kier alpha value is -3.94. The summed E-state index contributed by atoms with van der Waals surface area (Å²) in [5.41, 5.74) is 1.87. The zero-order valence-electron chi connectivity index (χ0n) is 17.2. The van der Waals surface area contributed by atoms with Crippen molar-refractivity contribution in [3.05, 3.63) is 99.4 Å². The number of H-pyrrole nitrogens is 1. The molecule has 0 spiro atoms. The van der Waals surface area contributed by atoms with E-state index in [9.17, 15) is 18.4 Å². The molecule has 6 nitrogen and oxygen atoms in total. The van der Waals surface area contributed by atoms with Gasteiger partial charge in [0.25, 0.3) is 5.56 Å². The van der Waals surface area contributed by atoms with Gasteiger partial charge in [0.2, 0.25) is 0 Å². The molecule has 0 saturated heterocycles. The number of aryl methyl sites for hydroxylation is 2. The van der Waals surface area contributed by atoms with Gasteiger partial charge in [0, 0.05) is 18.3 Å². The van der Waals surface area contributed by atoms with Crippen LogP contribution in [0.25, 0.3) is 10.9 Å². The number of pyridine rings is 1. The van der Waals surface area contributed by atoms with Crippen LogP contribution in [0.1, 0.15) is 33.9 Å². The molecule has 0 radical (unpaired) electrons. The Labute approximate surface area is 181 Å². The summed E-state index contributed by atoms with van der Waals surface area (Å²) < 4.78 is 33.0. The Morgan fingerprint density at radius 2 is 1.84 bits per heavy atom. The lowest BCUT2D eigenvalue weighted by atomic mass is 10.1. The van der Waals surface area contributed by atoms with E-state index in [0.29, 0.717) is 12.0 Å². The molecule has 0 unspecified atom stereocenters. The summed E-state index contributed by atoms with van der Waals surface area (Å²) >= 11 is 0. The van der Waals surface area contributed by atoms with Gasteiger partial charge in [0.1, 0.15) is 17.8 Å². The highest BCUT2D eigenvalue weighted by Crippen LogP contribution is 2.26. The van der Waals surface area contributed by atoms with Crippen molar-refractivity contribution in [2.24, 2.45) is 0 Å². The maximum atomic E-state index is 14.4. The molecule has 0 aliphatic heterocycles. The molecule has 4 aromatic rings. The highest BCUT2D eigenvalue weighted by Gasteiger charge is 2.18. The minimum absolute atomic E-state index is 0.0677. The Morgan fingerprint density at radius 3 is 2.59 bits per heavy atom. The van der Waals surface area contributed by atoms with Crippen LogP contribution in [0.15, 0.2) is 59.5 Å². The van der Waals surface area contributed by atoms with Gasteiger partial charge in [-0.15, -0.1) is 0 Å². The van der Waals surface area contributed by atoms with Crippen LogP contribution in [-0.4, -0.2) is 20.7 Å². The third-order valence-electron chi connectivity index (χ3n) is 4.94. The van der Waals surface area contributed by atoms with E-state index in [1.54, 1.807) is 6.20 Å². The van der Waals surface area contributed by atoms with Crippen molar-refractivity contribution >= 4 is 16.7 Å². The summed E-state index contributed by atoms with van der Waals surface area (Å²) in [6.45, 7) is 1.80. The number of nitrogens with one attached hydrogen (secondary N) is 1. The lowest BCUT2D eigenvalue weighted by Gasteiger charge is -2.11. The highest BCUT2D eigenvalue weighted by atomic mass is 19.1. The number of nitrogens with zero attached hydrogens (tertiary/aromatic N) is 2. The van der Waals surface area contributed by atoms with E-state index in [1.807, 2.05) is 19.1 Å². The first-order chi connectivity index (χ1) is 15.4. The molecule has 0 saturated carbocycles. The van der Waals surface area contributed by atoms with E-state index >= 15 is 0 Å². The van der Waals surface area contributed by atoms with Crippen LogP contribution in [-0.2, 0) is 13.0 Å².